The Labute approximate surface area is 166 Å². The van der Waals surface area contributed by atoms with E-state index < -0.39 is 6.43 Å². The van der Waals surface area contributed by atoms with Crippen molar-refractivity contribution in [2.75, 3.05) is 16.9 Å². The van der Waals surface area contributed by atoms with Gasteiger partial charge in [-0.25, -0.2) is 18.7 Å². The van der Waals surface area contributed by atoms with Crippen LogP contribution in [0.2, 0.25) is 0 Å². The number of amides is 1. The van der Waals surface area contributed by atoms with Crippen molar-refractivity contribution in [3.63, 3.8) is 0 Å². The van der Waals surface area contributed by atoms with Gasteiger partial charge >= 0.3 is 0 Å². The Morgan fingerprint density at radius 1 is 1.31 bits per heavy atom. The molecule has 136 valence electrons. The number of alkyl halides is 2. The van der Waals surface area contributed by atoms with E-state index in [0.29, 0.717) is 23.3 Å². The number of hydrogen-bond donors (Lipinski definition) is 2. The lowest BCUT2D eigenvalue weighted by molar-refractivity contribution is -0.105. The van der Waals surface area contributed by atoms with Crippen molar-refractivity contribution in [3.8, 4) is 0 Å². The van der Waals surface area contributed by atoms with Crippen LogP contribution in [0.1, 0.15) is 12.2 Å². The molecule has 2 N–H and O–H groups in total. The number of imidazole rings is 1. The summed E-state index contributed by atoms with van der Waals surface area (Å²) in [5.41, 5.74) is 1.94. The quantitative estimate of drug-likeness (QED) is 0.199. The first-order valence-electron chi connectivity index (χ1n) is 7.27. The molecule has 11 heteroatoms. The maximum Gasteiger partial charge on any atom is 0.295 e. The number of hydrogen-bond acceptors (Lipinski definition) is 5. The van der Waals surface area contributed by atoms with E-state index in [0.717, 1.165) is 10.6 Å². The Balaban J connectivity index is 2.20. The van der Waals surface area contributed by atoms with Crippen molar-refractivity contribution in [3.05, 3.63) is 36.2 Å². The molecule has 2 heterocycles. The smallest absolute Gasteiger partial charge is 0.295 e. The van der Waals surface area contributed by atoms with Gasteiger partial charge in [0.1, 0.15) is 11.3 Å². The summed E-state index contributed by atoms with van der Waals surface area (Å²) in [5, 5.41) is 5.71. The molecule has 0 aliphatic carbocycles. The zero-order chi connectivity index (χ0) is 18.7. The summed E-state index contributed by atoms with van der Waals surface area (Å²) >= 11 is 3.56. The highest BCUT2D eigenvalue weighted by Crippen LogP contribution is 2.39. The first kappa shape index (κ1) is 19.2. The standard InChI is InChI=1S/C15H13F2IN5OPS/c1-26-10-5-3-2-4-8(10)20-9-6-11(19-7-24)21-14-12(9)22-15(13(16)17)23(14)25-18/h2-7,13,25H,1H3,(H2,19,20,21,24). The summed E-state index contributed by atoms with van der Waals surface area (Å²) in [6, 6.07) is 9.21. The van der Waals surface area contributed by atoms with E-state index in [1.165, 1.54) is 4.34 Å². The van der Waals surface area contributed by atoms with Crippen LogP contribution in [0.3, 0.4) is 0 Å². The number of anilines is 3. The van der Waals surface area contributed by atoms with Crippen LogP contribution in [0, 0.1) is 0 Å². The number of thioether (sulfide) groups is 1. The van der Waals surface area contributed by atoms with Gasteiger partial charge in [-0.15, -0.1) is 11.8 Å². The lowest BCUT2D eigenvalue weighted by atomic mass is 10.2. The van der Waals surface area contributed by atoms with Gasteiger partial charge in [0.25, 0.3) is 6.43 Å². The van der Waals surface area contributed by atoms with Crippen LogP contribution < -0.4 is 10.6 Å². The van der Waals surface area contributed by atoms with E-state index in [9.17, 15) is 13.6 Å². The topological polar surface area (TPSA) is 71.8 Å². The molecule has 0 aliphatic rings. The summed E-state index contributed by atoms with van der Waals surface area (Å²) in [4.78, 5) is 20.2. The van der Waals surface area contributed by atoms with Gasteiger partial charge < -0.3 is 10.6 Å². The normalized spacial score (nSPS) is 11.6. The van der Waals surface area contributed by atoms with Crippen LogP contribution in [0.25, 0.3) is 11.2 Å². The second kappa shape index (κ2) is 8.45. The van der Waals surface area contributed by atoms with Crippen molar-refractivity contribution in [2.24, 2.45) is 0 Å². The van der Waals surface area contributed by atoms with E-state index in [-0.39, 0.29) is 18.0 Å². The molecule has 0 radical (unpaired) electrons. The summed E-state index contributed by atoms with van der Waals surface area (Å²) in [6.07, 6.45) is -0.286. The van der Waals surface area contributed by atoms with Gasteiger partial charge in [0, 0.05) is 11.0 Å². The molecule has 0 saturated carbocycles. The number of fused-ring (bicyclic) bond motifs is 1. The Kier molecular flexibility index (Phi) is 6.25. The second-order valence-electron chi connectivity index (χ2n) is 5.01. The number of halogens is 3. The van der Waals surface area contributed by atoms with Gasteiger partial charge in [-0.05, 0) is 40.4 Å². The Morgan fingerprint density at radius 2 is 2.08 bits per heavy atom. The van der Waals surface area contributed by atoms with E-state index in [2.05, 4.69) is 20.6 Å². The fourth-order valence-electron chi connectivity index (χ4n) is 2.42. The molecule has 0 bridgehead atoms. The van der Waals surface area contributed by atoms with Crippen LogP contribution >= 0.6 is 40.2 Å². The third-order valence-corrected chi connectivity index (χ3v) is 6.36. The van der Waals surface area contributed by atoms with Gasteiger partial charge in [-0.3, -0.25) is 9.13 Å². The molecule has 0 spiro atoms. The number of nitrogens with zero attached hydrogens (tertiary/aromatic N) is 3. The molecule has 0 saturated heterocycles. The lowest BCUT2D eigenvalue weighted by Gasteiger charge is -2.12. The molecular weight excluding hydrogens is 494 g/mol. The van der Waals surface area contributed by atoms with Crippen molar-refractivity contribution >= 4 is 74.9 Å². The predicted octanol–water partition coefficient (Wildman–Crippen LogP) is 5.19. The first-order valence-corrected chi connectivity index (χ1v) is 12.6. The van der Waals surface area contributed by atoms with Crippen LogP contribution in [0.5, 0.6) is 0 Å². The van der Waals surface area contributed by atoms with Crippen LogP contribution in [-0.4, -0.2) is 27.0 Å². The minimum Gasteiger partial charge on any atom is -0.353 e. The van der Waals surface area contributed by atoms with E-state index >= 15 is 0 Å². The van der Waals surface area contributed by atoms with Crippen LogP contribution in [0.4, 0.5) is 26.0 Å². The Morgan fingerprint density at radius 3 is 2.73 bits per heavy atom. The predicted molar refractivity (Wildman–Crippen MR) is 111 cm³/mol. The molecule has 1 atom stereocenters. The number of rotatable bonds is 7. The minimum atomic E-state index is -2.72. The van der Waals surface area contributed by atoms with Gasteiger partial charge in [0.2, 0.25) is 6.41 Å². The molecular formula is C15H13F2IN5OPS. The summed E-state index contributed by atoms with van der Waals surface area (Å²) in [5.74, 6) is -0.0852. The molecule has 1 aromatic carbocycles. The third-order valence-electron chi connectivity index (χ3n) is 3.50. The maximum absolute atomic E-state index is 13.4. The summed E-state index contributed by atoms with van der Waals surface area (Å²) in [7, 11) is 0. The SMILES string of the molecule is CSc1ccccc1Nc1cc(NC=O)nc2c1nc(C(F)F)n2PI. The minimum absolute atomic E-state index is 0.00599. The summed E-state index contributed by atoms with van der Waals surface area (Å²) in [6.45, 7) is 0. The van der Waals surface area contributed by atoms with E-state index in [1.807, 2.05) is 52.6 Å². The zero-order valence-electron chi connectivity index (χ0n) is 13.3. The largest absolute Gasteiger partial charge is 0.353 e. The molecule has 3 aromatic rings. The second-order valence-corrected chi connectivity index (χ2v) is 7.92. The van der Waals surface area contributed by atoms with E-state index in [4.69, 9.17) is 0 Å². The first-order chi connectivity index (χ1) is 12.6. The van der Waals surface area contributed by atoms with Crippen LogP contribution in [0.15, 0.2) is 35.2 Å². The molecule has 0 fully saturated rings. The molecule has 3 rings (SSSR count). The van der Waals surface area contributed by atoms with Crippen molar-refractivity contribution in [1.29, 1.82) is 0 Å². The van der Waals surface area contributed by atoms with Crippen molar-refractivity contribution in [1.82, 2.24) is 14.3 Å². The Bertz CT molecular complexity index is 955. The molecule has 1 unspecified atom stereocenters. The number of nitrogens with one attached hydrogen (secondary N) is 2. The van der Waals surface area contributed by atoms with E-state index in [1.54, 1.807) is 17.8 Å². The average molecular weight is 507 g/mol. The monoisotopic (exact) mass is 507 g/mol. The Hall–Kier alpha value is -1.52. The fraction of sp³-hybridized carbons (Fsp3) is 0.133. The highest BCUT2D eigenvalue weighted by Gasteiger charge is 2.22. The highest BCUT2D eigenvalue weighted by atomic mass is 127. The number of carbonyl (C=O) groups excluding carboxylic acids is 1. The molecule has 0 aliphatic heterocycles. The fourth-order valence-corrected chi connectivity index (χ4v) is 4.87. The molecule has 6 nitrogen and oxygen atoms in total. The average Bonchev–Trinajstić information content (AvgIpc) is 3.01. The number of para-hydroxylation sites is 1. The molecule has 1 amide bonds. The maximum atomic E-state index is 13.4. The van der Waals surface area contributed by atoms with Gasteiger partial charge in [-0.2, -0.15) is 0 Å². The molecule has 2 aromatic heterocycles. The van der Waals surface area contributed by atoms with Crippen LogP contribution in [-0.2, 0) is 4.79 Å². The van der Waals surface area contributed by atoms with Gasteiger partial charge in [-0.1, -0.05) is 12.1 Å². The number of benzene rings is 1. The third kappa shape index (κ3) is 3.77. The van der Waals surface area contributed by atoms with Crippen molar-refractivity contribution in [2.45, 2.75) is 11.3 Å². The van der Waals surface area contributed by atoms with Gasteiger partial charge in [0.15, 0.2) is 11.5 Å². The lowest BCUT2D eigenvalue weighted by Crippen LogP contribution is -2.01. The van der Waals surface area contributed by atoms with Gasteiger partial charge in [0.05, 0.1) is 17.7 Å². The number of pyridine rings is 1. The zero-order valence-corrected chi connectivity index (χ0v) is 17.3. The number of carbonyl (C=O) groups is 1. The summed E-state index contributed by atoms with van der Waals surface area (Å²) < 4.78 is 28.1. The number of aromatic nitrogens is 3. The highest BCUT2D eigenvalue weighted by molar-refractivity contribution is 14.2. The van der Waals surface area contributed by atoms with Crippen molar-refractivity contribution < 1.29 is 13.6 Å². The molecule has 26 heavy (non-hydrogen) atoms.